The number of aromatic nitrogens is 1. The highest BCUT2D eigenvalue weighted by molar-refractivity contribution is 5.83. The summed E-state index contributed by atoms with van der Waals surface area (Å²) in [5, 5.41) is 13.3. The molecule has 92 valence electrons. The van der Waals surface area contributed by atoms with E-state index in [0.29, 0.717) is 17.9 Å². The minimum Gasteiger partial charge on any atom is -0.369 e. The standard InChI is InChI=1S/C14H16N4/c1-10-3-4-11-8-12(9-16)14(17-6-2-5-15)18-13(11)7-10/h3-4,7-8H,2,5-6,15H2,1H3,(H,17,18). The molecule has 1 aromatic carbocycles. The molecule has 0 amide bonds. The van der Waals surface area contributed by atoms with Crippen molar-refractivity contribution in [2.24, 2.45) is 5.73 Å². The molecule has 1 aromatic heterocycles. The molecule has 0 unspecified atom stereocenters. The zero-order valence-electron chi connectivity index (χ0n) is 10.4. The quantitative estimate of drug-likeness (QED) is 0.803. The number of benzene rings is 1. The lowest BCUT2D eigenvalue weighted by atomic mass is 10.1. The third-order valence-electron chi connectivity index (χ3n) is 2.77. The maximum atomic E-state index is 9.13. The van der Waals surface area contributed by atoms with Gasteiger partial charge in [0.1, 0.15) is 11.9 Å². The average Bonchev–Trinajstić information content (AvgIpc) is 2.38. The van der Waals surface area contributed by atoms with E-state index >= 15 is 0 Å². The third-order valence-corrected chi connectivity index (χ3v) is 2.77. The highest BCUT2D eigenvalue weighted by Crippen LogP contribution is 2.20. The summed E-state index contributed by atoms with van der Waals surface area (Å²) >= 11 is 0. The Kier molecular flexibility index (Phi) is 3.75. The summed E-state index contributed by atoms with van der Waals surface area (Å²) in [4.78, 5) is 4.50. The van der Waals surface area contributed by atoms with Gasteiger partial charge in [0.25, 0.3) is 0 Å². The highest BCUT2D eigenvalue weighted by atomic mass is 15.0. The molecular formula is C14H16N4. The smallest absolute Gasteiger partial charge is 0.144 e. The van der Waals surface area contributed by atoms with Gasteiger partial charge in [-0.2, -0.15) is 5.26 Å². The van der Waals surface area contributed by atoms with Crippen LogP contribution in [0.4, 0.5) is 5.82 Å². The van der Waals surface area contributed by atoms with Gasteiger partial charge in [-0.05, 0) is 37.6 Å². The number of hydrogen-bond acceptors (Lipinski definition) is 4. The minimum atomic E-state index is 0.573. The fourth-order valence-electron chi connectivity index (χ4n) is 1.81. The Morgan fingerprint density at radius 1 is 1.39 bits per heavy atom. The SMILES string of the molecule is Cc1ccc2cc(C#N)c(NCCCN)nc2c1. The third kappa shape index (κ3) is 2.58. The summed E-state index contributed by atoms with van der Waals surface area (Å²) in [5.74, 6) is 0.643. The molecule has 2 aromatic rings. The monoisotopic (exact) mass is 240 g/mol. The summed E-state index contributed by atoms with van der Waals surface area (Å²) in [6, 6.07) is 10.1. The predicted octanol–water partition coefficient (Wildman–Crippen LogP) is 2.18. The van der Waals surface area contributed by atoms with Crippen molar-refractivity contribution in [2.45, 2.75) is 13.3 Å². The molecule has 3 N–H and O–H groups in total. The number of nitrogens with zero attached hydrogens (tertiary/aromatic N) is 2. The molecule has 0 bridgehead atoms. The Labute approximate surface area is 106 Å². The number of nitriles is 1. The number of aryl methyl sites for hydroxylation is 1. The fraction of sp³-hybridized carbons (Fsp3) is 0.286. The molecule has 18 heavy (non-hydrogen) atoms. The Balaban J connectivity index is 2.41. The summed E-state index contributed by atoms with van der Waals surface area (Å²) in [7, 11) is 0. The fourth-order valence-corrected chi connectivity index (χ4v) is 1.81. The first kappa shape index (κ1) is 12.3. The van der Waals surface area contributed by atoms with Gasteiger partial charge in [0.2, 0.25) is 0 Å². The van der Waals surface area contributed by atoms with E-state index in [-0.39, 0.29) is 0 Å². The van der Waals surface area contributed by atoms with Gasteiger partial charge >= 0.3 is 0 Å². The van der Waals surface area contributed by atoms with Crippen LogP contribution in [-0.4, -0.2) is 18.1 Å². The molecule has 1 heterocycles. The van der Waals surface area contributed by atoms with Crippen LogP contribution in [0.1, 0.15) is 17.5 Å². The van der Waals surface area contributed by atoms with Crippen molar-refractivity contribution >= 4 is 16.7 Å². The molecule has 0 spiro atoms. The number of rotatable bonds is 4. The second kappa shape index (κ2) is 5.48. The molecule has 0 radical (unpaired) electrons. The largest absolute Gasteiger partial charge is 0.369 e. The second-order valence-electron chi connectivity index (χ2n) is 4.26. The van der Waals surface area contributed by atoms with E-state index in [0.717, 1.165) is 29.4 Å². The number of nitrogens with two attached hydrogens (primary N) is 1. The van der Waals surface area contributed by atoms with Crippen LogP contribution in [0.15, 0.2) is 24.3 Å². The maximum absolute atomic E-state index is 9.13. The molecule has 0 fully saturated rings. The first-order valence-electron chi connectivity index (χ1n) is 6.00. The van der Waals surface area contributed by atoms with Crippen LogP contribution < -0.4 is 11.1 Å². The Morgan fingerprint density at radius 3 is 2.94 bits per heavy atom. The summed E-state index contributed by atoms with van der Waals surface area (Å²) in [6.07, 6.45) is 0.860. The first-order chi connectivity index (χ1) is 8.74. The molecule has 0 saturated heterocycles. The van der Waals surface area contributed by atoms with Gasteiger partial charge < -0.3 is 11.1 Å². The van der Waals surface area contributed by atoms with E-state index in [9.17, 15) is 0 Å². The van der Waals surface area contributed by atoms with Crippen molar-refractivity contribution in [3.05, 3.63) is 35.4 Å². The summed E-state index contributed by atoms with van der Waals surface area (Å²) in [6.45, 7) is 3.39. The lowest BCUT2D eigenvalue weighted by Crippen LogP contribution is -2.10. The van der Waals surface area contributed by atoms with Crippen LogP contribution >= 0.6 is 0 Å². The second-order valence-corrected chi connectivity index (χ2v) is 4.26. The highest BCUT2D eigenvalue weighted by Gasteiger charge is 2.06. The van der Waals surface area contributed by atoms with Gasteiger partial charge in [-0.1, -0.05) is 12.1 Å². The Bertz CT molecular complexity index is 599. The molecule has 4 nitrogen and oxygen atoms in total. The van der Waals surface area contributed by atoms with Gasteiger partial charge in [0.15, 0.2) is 0 Å². The molecule has 0 aliphatic heterocycles. The first-order valence-corrected chi connectivity index (χ1v) is 6.00. The van der Waals surface area contributed by atoms with E-state index in [4.69, 9.17) is 11.0 Å². The van der Waals surface area contributed by atoms with Gasteiger partial charge in [0, 0.05) is 11.9 Å². The molecule has 0 aliphatic rings. The van der Waals surface area contributed by atoms with Gasteiger partial charge in [-0.15, -0.1) is 0 Å². The van der Waals surface area contributed by atoms with Crippen molar-refractivity contribution in [1.29, 1.82) is 5.26 Å². The number of anilines is 1. The molecule has 0 atom stereocenters. The number of nitrogens with one attached hydrogen (secondary N) is 1. The van der Waals surface area contributed by atoms with Crippen molar-refractivity contribution in [2.75, 3.05) is 18.4 Å². The molecule has 0 saturated carbocycles. The topological polar surface area (TPSA) is 74.7 Å². The van der Waals surface area contributed by atoms with Crippen LogP contribution in [0.5, 0.6) is 0 Å². The summed E-state index contributed by atoms with van der Waals surface area (Å²) in [5.41, 5.74) is 8.09. The van der Waals surface area contributed by atoms with E-state index in [2.05, 4.69) is 16.4 Å². The van der Waals surface area contributed by atoms with Gasteiger partial charge in [0.05, 0.1) is 11.1 Å². The van der Waals surface area contributed by atoms with Crippen LogP contribution in [-0.2, 0) is 0 Å². The van der Waals surface area contributed by atoms with Gasteiger partial charge in [-0.3, -0.25) is 0 Å². The lowest BCUT2D eigenvalue weighted by molar-refractivity contribution is 0.870. The van der Waals surface area contributed by atoms with Crippen LogP contribution in [0, 0.1) is 18.3 Å². The Hall–Kier alpha value is -2.12. The van der Waals surface area contributed by atoms with E-state index in [1.54, 1.807) is 0 Å². The zero-order valence-corrected chi connectivity index (χ0v) is 10.4. The average molecular weight is 240 g/mol. The molecule has 2 rings (SSSR count). The summed E-state index contributed by atoms with van der Waals surface area (Å²) < 4.78 is 0. The zero-order chi connectivity index (χ0) is 13.0. The number of fused-ring (bicyclic) bond motifs is 1. The predicted molar refractivity (Wildman–Crippen MR) is 73.4 cm³/mol. The maximum Gasteiger partial charge on any atom is 0.144 e. The van der Waals surface area contributed by atoms with Crippen molar-refractivity contribution in [3.63, 3.8) is 0 Å². The van der Waals surface area contributed by atoms with Gasteiger partial charge in [-0.25, -0.2) is 4.98 Å². The van der Waals surface area contributed by atoms with Crippen molar-refractivity contribution in [3.8, 4) is 6.07 Å². The van der Waals surface area contributed by atoms with Crippen LogP contribution in [0.3, 0.4) is 0 Å². The van der Waals surface area contributed by atoms with Crippen LogP contribution in [0.25, 0.3) is 10.9 Å². The van der Waals surface area contributed by atoms with Crippen molar-refractivity contribution < 1.29 is 0 Å². The normalized spacial score (nSPS) is 10.3. The Morgan fingerprint density at radius 2 is 2.22 bits per heavy atom. The number of hydrogen-bond donors (Lipinski definition) is 2. The van der Waals surface area contributed by atoms with E-state index < -0.39 is 0 Å². The minimum absolute atomic E-state index is 0.573. The molecular weight excluding hydrogens is 224 g/mol. The lowest BCUT2D eigenvalue weighted by Gasteiger charge is -2.08. The molecule has 4 heteroatoms. The number of pyridine rings is 1. The molecule has 0 aliphatic carbocycles. The van der Waals surface area contributed by atoms with Crippen LogP contribution in [0.2, 0.25) is 0 Å². The van der Waals surface area contributed by atoms with E-state index in [1.165, 1.54) is 0 Å². The van der Waals surface area contributed by atoms with E-state index in [1.807, 2.05) is 31.2 Å². The van der Waals surface area contributed by atoms with Crippen molar-refractivity contribution in [1.82, 2.24) is 4.98 Å².